The molecule has 0 aliphatic carbocycles. The first-order valence-electron chi connectivity index (χ1n) is 5.60. The van der Waals surface area contributed by atoms with E-state index in [0.717, 1.165) is 5.56 Å². The first kappa shape index (κ1) is 12.8. The van der Waals surface area contributed by atoms with E-state index in [2.05, 4.69) is 0 Å². The molecule has 2 atom stereocenters. The Kier molecular flexibility index (Phi) is 3.77. The summed E-state index contributed by atoms with van der Waals surface area (Å²) in [6.07, 6.45) is 0. The van der Waals surface area contributed by atoms with E-state index in [4.69, 9.17) is 5.73 Å². The lowest BCUT2D eigenvalue weighted by atomic mass is 10.2. The van der Waals surface area contributed by atoms with Gasteiger partial charge in [0.2, 0.25) is 0 Å². The SMILES string of the molecule is CC(c1ccccc1)S(=O)c1ccc(N)cc1F. The van der Waals surface area contributed by atoms with Crippen molar-refractivity contribution in [1.29, 1.82) is 0 Å². The first-order valence-corrected chi connectivity index (χ1v) is 6.81. The van der Waals surface area contributed by atoms with Gasteiger partial charge in [-0.2, -0.15) is 0 Å². The van der Waals surface area contributed by atoms with E-state index in [1.54, 1.807) is 6.07 Å². The van der Waals surface area contributed by atoms with Gasteiger partial charge in [-0.15, -0.1) is 0 Å². The summed E-state index contributed by atoms with van der Waals surface area (Å²) >= 11 is 0. The van der Waals surface area contributed by atoms with Crippen LogP contribution in [0.15, 0.2) is 53.4 Å². The Hall–Kier alpha value is -1.68. The lowest BCUT2D eigenvalue weighted by Gasteiger charge is -2.12. The van der Waals surface area contributed by atoms with Crippen LogP contribution in [0, 0.1) is 5.82 Å². The van der Waals surface area contributed by atoms with Crippen molar-refractivity contribution in [2.24, 2.45) is 0 Å². The zero-order valence-electron chi connectivity index (χ0n) is 9.97. The van der Waals surface area contributed by atoms with Gasteiger partial charge in [0.1, 0.15) is 5.82 Å². The van der Waals surface area contributed by atoms with Gasteiger partial charge in [0.05, 0.1) is 20.9 Å². The molecule has 0 bridgehead atoms. The summed E-state index contributed by atoms with van der Waals surface area (Å²) in [5.41, 5.74) is 6.73. The molecule has 0 aromatic heterocycles. The molecule has 2 aromatic rings. The highest BCUT2D eigenvalue weighted by atomic mass is 32.2. The average Bonchev–Trinajstić information content (AvgIpc) is 2.38. The van der Waals surface area contributed by atoms with Crippen LogP contribution in [0.3, 0.4) is 0 Å². The average molecular weight is 263 g/mol. The molecule has 2 aromatic carbocycles. The van der Waals surface area contributed by atoms with E-state index < -0.39 is 16.6 Å². The van der Waals surface area contributed by atoms with Crippen LogP contribution in [-0.2, 0) is 10.8 Å². The lowest BCUT2D eigenvalue weighted by molar-refractivity contribution is 0.594. The molecule has 0 saturated heterocycles. The van der Waals surface area contributed by atoms with Crippen LogP contribution < -0.4 is 5.73 Å². The minimum atomic E-state index is -1.43. The standard InChI is InChI=1S/C14H14FNOS/c1-10(11-5-3-2-4-6-11)18(17)14-8-7-12(16)9-13(14)15/h2-10H,16H2,1H3. The monoisotopic (exact) mass is 263 g/mol. The number of nitrogen functional groups attached to an aromatic ring is 1. The second-order valence-electron chi connectivity index (χ2n) is 4.04. The Bertz CT molecular complexity index is 571. The maximum absolute atomic E-state index is 13.7. The smallest absolute Gasteiger partial charge is 0.141 e. The lowest BCUT2D eigenvalue weighted by Crippen LogP contribution is -2.05. The zero-order valence-corrected chi connectivity index (χ0v) is 10.8. The van der Waals surface area contributed by atoms with Crippen molar-refractivity contribution in [3.8, 4) is 0 Å². The van der Waals surface area contributed by atoms with Gasteiger partial charge >= 0.3 is 0 Å². The molecule has 0 saturated carbocycles. The fourth-order valence-electron chi connectivity index (χ4n) is 1.72. The Morgan fingerprint density at radius 2 is 1.83 bits per heavy atom. The Morgan fingerprint density at radius 1 is 1.17 bits per heavy atom. The maximum atomic E-state index is 13.7. The van der Waals surface area contributed by atoms with Gasteiger partial charge in [-0.1, -0.05) is 30.3 Å². The highest BCUT2D eigenvalue weighted by Crippen LogP contribution is 2.26. The van der Waals surface area contributed by atoms with Gasteiger partial charge in [0.25, 0.3) is 0 Å². The summed E-state index contributed by atoms with van der Waals surface area (Å²) in [6, 6.07) is 13.7. The molecule has 94 valence electrons. The minimum absolute atomic E-state index is 0.195. The number of benzene rings is 2. The molecule has 4 heteroatoms. The van der Waals surface area contributed by atoms with E-state index >= 15 is 0 Å². The third kappa shape index (κ3) is 2.59. The fourth-order valence-corrected chi connectivity index (χ4v) is 2.96. The predicted molar refractivity (Wildman–Crippen MR) is 72.1 cm³/mol. The number of rotatable bonds is 3. The molecule has 0 amide bonds. The summed E-state index contributed by atoms with van der Waals surface area (Å²) in [5, 5.41) is -0.260. The topological polar surface area (TPSA) is 43.1 Å². The Balaban J connectivity index is 2.32. The normalized spacial score (nSPS) is 14.1. The van der Waals surface area contributed by atoms with E-state index in [0.29, 0.717) is 5.69 Å². The number of halogens is 1. The van der Waals surface area contributed by atoms with Crippen molar-refractivity contribution < 1.29 is 8.60 Å². The quantitative estimate of drug-likeness (QED) is 0.864. The first-order chi connectivity index (χ1) is 8.59. The van der Waals surface area contributed by atoms with Crippen LogP contribution in [0.25, 0.3) is 0 Å². The molecule has 0 aliphatic heterocycles. The molecule has 0 heterocycles. The van der Waals surface area contributed by atoms with Gasteiger partial charge in [0, 0.05) is 5.69 Å². The van der Waals surface area contributed by atoms with E-state index in [1.165, 1.54) is 12.1 Å². The third-order valence-corrected chi connectivity index (χ3v) is 4.44. The molecular weight excluding hydrogens is 249 g/mol. The predicted octanol–water partition coefficient (Wildman–Crippen LogP) is 3.28. The van der Waals surface area contributed by atoms with Crippen LogP contribution in [0.5, 0.6) is 0 Å². The van der Waals surface area contributed by atoms with E-state index in [-0.39, 0.29) is 10.1 Å². The van der Waals surface area contributed by atoms with Gasteiger partial charge in [-0.25, -0.2) is 4.39 Å². The summed E-state index contributed by atoms with van der Waals surface area (Å²) < 4.78 is 26.0. The molecule has 0 aliphatic rings. The van der Waals surface area contributed by atoms with Crippen molar-refractivity contribution in [3.05, 3.63) is 59.9 Å². The maximum Gasteiger partial charge on any atom is 0.141 e. The second-order valence-corrected chi connectivity index (χ2v) is 5.78. The molecule has 2 nitrogen and oxygen atoms in total. The second kappa shape index (κ2) is 5.31. The Morgan fingerprint density at radius 3 is 2.44 bits per heavy atom. The van der Waals surface area contributed by atoms with E-state index in [9.17, 15) is 8.60 Å². The van der Waals surface area contributed by atoms with Crippen molar-refractivity contribution in [1.82, 2.24) is 0 Å². The van der Waals surface area contributed by atoms with Crippen LogP contribution in [0.1, 0.15) is 17.7 Å². The zero-order chi connectivity index (χ0) is 13.1. The molecular formula is C14H14FNOS. The molecule has 0 fully saturated rings. The number of hydrogen-bond donors (Lipinski definition) is 1. The molecule has 0 spiro atoms. The van der Waals surface area contributed by atoms with Gasteiger partial charge in [0.15, 0.2) is 0 Å². The summed E-state index contributed by atoms with van der Waals surface area (Å²) in [4.78, 5) is 0.195. The molecule has 18 heavy (non-hydrogen) atoms. The number of anilines is 1. The number of hydrogen-bond acceptors (Lipinski definition) is 2. The largest absolute Gasteiger partial charge is 0.399 e. The summed E-state index contributed by atoms with van der Waals surface area (Å²) in [5.74, 6) is -0.517. The van der Waals surface area contributed by atoms with Gasteiger partial charge in [-0.3, -0.25) is 4.21 Å². The number of nitrogens with two attached hydrogens (primary N) is 1. The molecule has 2 unspecified atom stereocenters. The van der Waals surface area contributed by atoms with Crippen LogP contribution in [0.2, 0.25) is 0 Å². The van der Waals surface area contributed by atoms with E-state index in [1.807, 2.05) is 37.3 Å². The van der Waals surface area contributed by atoms with Crippen LogP contribution in [-0.4, -0.2) is 4.21 Å². The van der Waals surface area contributed by atoms with Crippen LogP contribution >= 0.6 is 0 Å². The highest BCUT2D eigenvalue weighted by Gasteiger charge is 2.18. The van der Waals surface area contributed by atoms with Gasteiger partial charge in [-0.05, 0) is 30.7 Å². The highest BCUT2D eigenvalue weighted by molar-refractivity contribution is 7.85. The van der Waals surface area contributed by atoms with Crippen molar-refractivity contribution in [2.45, 2.75) is 17.1 Å². The van der Waals surface area contributed by atoms with Crippen molar-refractivity contribution in [2.75, 3.05) is 5.73 Å². The fraction of sp³-hybridized carbons (Fsp3) is 0.143. The molecule has 2 N–H and O–H groups in total. The summed E-state index contributed by atoms with van der Waals surface area (Å²) in [7, 11) is -1.43. The summed E-state index contributed by atoms with van der Waals surface area (Å²) in [6.45, 7) is 1.82. The Labute approximate surface area is 108 Å². The molecule has 0 radical (unpaired) electrons. The van der Waals surface area contributed by atoms with Gasteiger partial charge < -0.3 is 5.73 Å². The van der Waals surface area contributed by atoms with Crippen LogP contribution in [0.4, 0.5) is 10.1 Å². The van der Waals surface area contributed by atoms with Crippen molar-refractivity contribution >= 4 is 16.5 Å². The third-order valence-electron chi connectivity index (χ3n) is 2.76. The van der Waals surface area contributed by atoms with Crippen molar-refractivity contribution in [3.63, 3.8) is 0 Å². The molecule has 2 rings (SSSR count). The minimum Gasteiger partial charge on any atom is -0.399 e.